The summed E-state index contributed by atoms with van der Waals surface area (Å²) < 4.78 is 37.9. The molecule has 0 spiro atoms. The standard InChI is InChI=1S/C18H21ClN2O5S/c1-11-5-7-15(25-3)14(9-11)20-18(22)12(2)21-27(23,24)17-10-13(19)6-8-16(17)26-4/h5-10,12,21H,1-4H3,(H,20,22)/t12-/m0/s1. The van der Waals surface area contributed by atoms with Gasteiger partial charge in [0.2, 0.25) is 15.9 Å². The van der Waals surface area contributed by atoms with Gasteiger partial charge in [0.1, 0.15) is 16.4 Å². The number of carbonyl (C=O) groups excluding carboxylic acids is 1. The number of sulfonamides is 1. The fraction of sp³-hybridized carbons (Fsp3) is 0.278. The van der Waals surface area contributed by atoms with Crippen molar-refractivity contribution in [2.24, 2.45) is 0 Å². The van der Waals surface area contributed by atoms with Crippen LogP contribution in [0.25, 0.3) is 0 Å². The van der Waals surface area contributed by atoms with Crippen LogP contribution in [-0.2, 0) is 14.8 Å². The topological polar surface area (TPSA) is 93.7 Å². The van der Waals surface area contributed by atoms with Crippen LogP contribution in [0, 0.1) is 6.92 Å². The predicted molar refractivity (Wildman–Crippen MR) is 104 cm³/mol. The second-order valence-electron chi connectivity index (χ2n) is 5.83. The Morgan fingerprint density at radius 2 is 1.70 bits per heavy atom. The van der Waals surface area contributed by atoms with Gasteiger partial charge < -0.3 is 14.8 Å². The number of aryl methyl sites for hydroxylation is 1. The molecule has 0 radical (unpaired) electrons. The molecule has 0 saturated carbocycles. The minimum Gasteiger partial charge on any atom is -0.495 e. The number of carbonyl (C=O) groups is 1. The summed E-state index contributed by atoms with van der Waals surface area (Å²) in [5, 5.41) is 2.90. The van der Waals surface area contributed by atoms with Crippen molar-refractivity contribution in [2.45, 2.75) is 24.8 Å². The Kier molecular flexibility index (Phi) is 6.69. The highest BCUT2D eigenvalue weighted by Gasteiger charge is 2.26. The minimum absolute atomic E-state index is 0.125. The highest BCUT2D eigenvalue weighted by Crippen LogP contribution is 2.28. The van der Waals surface area contributed by atoms with E-state index in [1.165, 1.54) is 39.3 Å². The number of hydrogen-bond acceptors (Lipinski definition) is 5. The lowest BCUT2D eigenvalue weighted by molar-refractivity contribution is -0.117. The zero-order valence-corrected chi connectivity index (χ0v) is 16.9. The molecule has 1 amide bonds. The van der Waals surface area contributed by atoms with Gasteiger partial charge in [-0.25, -0.2) is 8.42 Å². The van der Waals surface area contributed by atoms with Gasteiger partial charge in [-0.2, -0.15) is 4.72 Å². The van der Waals surface area contributed by atoms with E-state index in [9.17, 15) is 13.2 Å². The Morgan fingerprint density at radius 3 is 2.33 bits per heavy atom. The number of methoxy groups -OCH3 is 2. The Labute approximate surface area is 163 Å². The van der Waals surface area contributed by atoms with Gasteiger partial charge in [0, 0.05) is 5.02 Å². The number of halogens is 1. The molecule has 0 fully saturated rings. The normalized spacial score (nSPS) is 12.3. The SMILES string of the molecule is COc1ccc(C)cc1NC(=O)[C@H](C)NS(=O)(=O)c1cc(Cl)ccc1OC. The summed E-state index contributed by atoms with van der Waals surface area (Å²) in [5.74, 6) is 0.0591. The lowest BCUT2D eigenvalue weighted by atomic mass is 10.2. The molecule has 2 N–H and O–H groups in total. The van der Waals surface area contributed by atoms with E-state index < -0.39 is 22.0 Å². The molecular weight excluding hydrogens is 392 g/mol. The summed E-state index contributed by atoms with van der Waals surface area (Å²) in [5.41, 5.74) is 1.37. The number of amides is 1. The summed E-state index contributed by atoms with van der Waals surface area (Å²) >= 11 is 5.89. The van der Waals surface area contributed by atoms with Gasteiger partial charge in [-0.3, -0.25) is 4.79 Å². The average molecular weight is 413 g/mol. The van der Waals surface area contributed by atoms with E-state index in [0.29, 0.717) is 11.4 Å². The molecule has 1 atom stereocenters. The maximum Gasteiger partial charge on any atom is 0.245 e. The van der Waals surface area contributed by atoms with E-state index in [-0.39, 0.29) is 15.7 Å². The van der Waals surface area contributed by atoms with E-state index in [1.807, 2.05) is 13.0 Å². The lowest BCUT2D eigenvalue weighted by Gasteiger charge is -2.17. The predicted octanol–water partition coefficient (Wildman–Crippen LogP) is 2.97. The molecule has 0 aromatic heterocycles. The van der Waals surface area contributed by atoms with Crippen LogP contribution in [0.15, 0.2) is 41.3 Å². The second kappa shape index (κ2) is 8.60. The Bertz CT molecular complexity index is 947. The molecule has 0 aliphatic heterocycles. The first-order chi connectivity index (χ1) is 12.7. The van der Waals surface area contributed by atoms with Crippen LogP contribution in [0.4, 0.5) is 5.69 Å². The molecule has 0 heterocycles. The molecule has 2 aromatic carbocycles. The molecule has 27 heavy (non-hydrogen) atoms. The Morgan fingerprint density at radius 1 is 1.07 bits per heavy atom. The molecule has 2 rings (SSSR count). The lowest BCUT2D eigenvalue weighted by Crippen LogP contribution is -2.41. The first kappa shape index (κ1) is 21.0. The first-order valence-corrected chi connectivity index (χ1v) is 9.85. The third-order valence-electron chi connectivity index (χ3n) is 3.75. The average Bonchev–Trinajstić information content (AvgIpc) is 2.61. The molecule has 0 aliphatic carbocycles. The highest BCUT2D eigenvalue weighted by molar-refractivity contribution is 7.89. The zero-order valence-electron chi connectivity index (χ0n) is 15.4. The molecule has 0 saturated heterocycles. The molecule has 2 aromatic rings. The van der Waals surface area contributed by atoms with Crippen molar-refractivity contribution in [3.63, 3.8) is 0 Å². The Balaban J connectivity index is 2.21. The van der Waals surface area contributed by atoms with E-state index in [2.05, 4.69) is 10.0 Å². The van der Waals surface area contributed by atoms with E-state index in [4.69, 9.17) is 21.1 Å². The maximum atomic E-state index is 12.7. The smallest absolute Gasteiger partial charge is 0.245 e. The van der Waals surface area contributed by atoms with E-state index in [0.717, 1.165) is 5.56 Å². The quantitative estimate of drug-likeness (QED) is 0.729. The number of nitrogens with one attached hydrogen (secondary N) is 2. The minimum atomic E-state index is -4.04. The van der Waals surface area contributed by atoms with Crippen LogP contribution in [0.5, 0.6) is 11.5 Å². The van der Waals surface area contributed by atoms with E-state index in [1.54, 1.807) is 12.1 Å². The number of ether oxygens (including phenoxy) is 2. The highest BCUT2D eigenvalue weighted by atomic mass is 35.5. The summed E-state index contributed by atoms with van der Waals surface area (Å²) in [4.78, 5) is 12.3. The van der Waals surface area contributed by atoms with Crippen LogP contribution in [0.1, 0.15) is 12.5 Å². The van der Waals surface area contributed by atoms with Gasteiger partial charge in [0.25, 0.3) is 0 Å². The van der Waals surface area contributed by atoms with Crippen LogP contribution >= 0.6 is 11.6 Å². The van der Waals surface area contributed by atoms with E-state index >= 15 is 0 Å². The van der Waals surface area contributed by atoms with Crippen molar-refractivity contribution < 1.29 is 22.7 Å². The van der Waals surface area contributed by atoms with Gasteiger partial charge in [0.05, 0.1) is 25.9 Å². The largest absolute Gasteiger partial charge is 0.495 e. The molecular formula is C18H21ClN2O5S. The van der Waals surface area contributed by atoms with Gasteiger partial charge in [-0.15, -0.1) is 0 Å². The van der Waals surface area contributed by atoms with Crippen LogP contribution in [0.2, 0.25) is 5.02 Å². The van der Waals surface area contributed by atoms with Gasteiger partial charge in [-0.1, -0.05) is 17.7 Å². The second-order valence-corrected chi connectivity index (χ2v) is 7.95. The Hall–Kier alpha value is -2.29. The maximum absolute atomic E-state index is 12.7. The first-order valence-electron chi connectivity index (χ1n) is 7.99. The monoisotopic (exact) mass is 412 g/mol. The van der Waals surface area contributed by atoms with Gasteiger partial charge in [0.15, 0.2) is 0 Å². The van der Waals surface area contributed by atoms with Crippen LogP contribution in [-0.4, -0.2) is 34.6 Å². The number of rotatable bonds is 7. The molecule has 9 heteroatoms. The zero-order chi connectivity index (χ0) is 20.2. The molecule has 7 nitrogen and oxygen atoms in total. The fourth-order valence-electron chi connectivity index (χ4n) is 2.37. The van der Waals surface area contributed by atoms with Gasteiger partial charge >= 0.3 is 0 Å². The third-order valence-corrected chi connectivity index (χ3v) is 5.55. The number of benzene rings is 2. The van der Waals surface area contributed by atoms with Crippen molar-refractivity contribution in [1.29, 1.82) is 0 Å². The summed E-state index contributed by atoms with van der Waals surface area (Å²) in [7, 11) is -1.20. The van der Waals surface area contributed by atoms with Crippen molar-refractivity contribution >= 4 is 33.2 Å². The van der Waals surface area contributed by atoms with Crippen LogP contribution in [0.3, 0.4) is 0 Å². The van der Waals surface area contributed by atoms with Gasteiger partial charge in [-0.05, 0) is 49.7 Å². The fourth-order valence-corrected chi connectivity index (χ4v) is 4.01. The molecule has 0 bridgehead atoms. The number of hydrogen-bond donors (Lipinski definition) is 2. The van der Waals surface area contributed by atoms with Crippen molar-refractivity contribution in [3.8, 4) is 11.5 Å². The van der Waals surface area contributed by atoms with Crippen molar-refractivity contribution in [1.82, 2.24) is 4.72 Å². The summed E-state index contributed by atoms with van der Waals surface area (Å²) in [6, 6.07) is 8.46. The molecule has 0 unspecified atom stereocenters. The van der Waals surface area contributed by atoms with Crippen molar-refractivity contribution in [2.75, 3.05) is 19.5 Å². The summed E-state index contributed by atoms with van der Waals surface area (Å²) in [6.45, 7) is 3.30. The number of anilines is 1. The van der Waals surface area contributed by atoms with Crippen LogP contribution < -0.4 is 19.5 Å². The molecule has 146 valence electrons. The third kappa shape index (κ3) is 5.12. The van der Waals surface area contributed by atoms with Crippen molar-refractivity contribution in [3.05, 3.63) is 47.0 Å². The molecule has 0 aliphatic rings. The summed E-state index contributed by atoms with van der Waals surface area (Å²) in [6.07, 6.45) is 0.